The highest BCUT2D eigenvalue weighted by Crippen LogP contribution is 2.50. The van der Waals surface area contributed by atoms with Gasteiger partial charge in [-0.2, -0.15) is 5.26 Å². The first kappa shape index (κ1) is 13.9. The van der Waals surface area contributed by atoms with Gasteiger partial charge in [-0.05, 0) is 55.8 Å². The molecule has 2 rings (SSSR count). The third-order valence-electron chi connectivity index (χ3n) is 5.49. The minimum Gasteiger partial charge on any atom is -0.391 e. The van der Waals surface area contributed by atoms with Gasteiger partial charge in [-0.1, -0.05) is 27.2 Å². The maximum atomic E-state index is 10.5. The quantitative estimate of drug-likeness (QED) is 0.806. The molecule has 2 aliphatic carbocycles. The highest BCUT2D eigenvalue weighted by Gasteiger charge is 2.47. The Morgan fingerprint density at radius 1 is 1.17 bits per heavy atom. The molecule has 0 amide bonds. The summed E-state index contributed by atoms with van der Waals surface area (Å²) in [6.07, 6.45) is 7.07. The van der Waals surface area contributed by atoms with Crippen LogP contribution in [0.1, 0.15) is 65.7 Å². The van der Waals surface area contributed by atoms with E-state index in [2.05, 4.69) is 26.8 Å². The molecular formula is C16H27NO. The summed E-state index contributed by atoms with van der Waals surface area (Å²) < 4.78 is 0. The molecular weight excluding hydrogens is 222 g/mol. The highest BCUT2D eigenvalue weighted by molar-refractivity contribution is 5.08. The van der Waals surface area contributed by atoms with Crippen molar-refractivity contribution in [3.63, 3.8) is 0 Å². The van der Waals surface area contributed by atoms with E-state index in [1.54, 1.807) is 0 Å². The molecule has 0 spiro atoms. The van der Waals surface area contributed by atoms with Gasteiger partial charge in [0.2, 0.25) is 0 Å². The molecule has 102 valence electrons. The number of rotatable bonds is 2. The zero-order valence-electron chi connectivity index (χ0n) is 12.1. The molecule has 2 aliphatic rings. The van der Waals surface area contributed by atoms with E-state index < -0.39 is 5.41 Å². The lowest BCUT2D eigenvalue weighted by molar-refractivity contribution is -0.0471. The van der Waals surface area contributed by atoms with Crippen LogP contribution in [0.2, 0.25) is 0 Å². The minimum atomic E-state index is -0.438. The molecule has 0 aliphatic heterocycles. The van der Waals surface area contributed by atoms with Crippen molar-refractivity contribution in [2.75, 3.05) is 0 Å². The maximum absolute atomic E-state index is 10.5. The van der Waals surface area contributed by atoms with Crippen molar-refractivity contribution in [2.24, 2.45) is 22.7 Å². The lowest BCUT2D eigenvalue weighted by Crippen LogP contribution is -2.45. The topological polar surface area (TPSA) is 44.0 Å². The third-order valence-corrected chi connectivity index (χ3v) is 5.49. The third kappa shape index (κ3) is 2.43. The summed E-state index contributed by atoms with van der Waals surface area (Å²) in [6.45, 7) is 6.87. The van der Waals surface area contributed by atoms with Crippen LogP contribution in [0.5, 0.6) is 0 Å². The molecule has 0 aromatic carbocycles. The predicted molar refractivity (Wildman–Crippen MR) is 72.8 cm³/mol. The zero-order chi connectivity index (χ0) is 13.4. The van der Waals surface area contributed by atoms with Gasteiger partial charge in [0.15, 0.2) is 0 Å². The lowest BCUT2D eigenvalue weighted by atomic mass is 9.59. The second-order valence-electron chi connectivity index (χ2n) is 7.54. The van der Waals surface area contributed by atoms with Gasteiger partial charge in [-0.3, -0.25) is 0 Å². The molecule has 2 heteroatoms. The van der Waals surface area contributed by atoms with Crippen LogP contribution in [0, 0.1) is 34.0 Å². The first-order chi connectivity index (χ1) is 8.39. The molecule has 2 nitrogen and oxygen atoms in total. The fourth-order valence-electron chi connectivity index (χ4n) is 3.68. The normalized spacial score (nSPS) is 35.6. The molecule has 0 saturated heterocycles. The van der Waals surface area contributed by atoms with Crippen LogP contribution < -0.4 is 0 Å². The van der Waals surface area contributed by atoms with Crippen LogP contribution in [0.3, 0.4) is 0 Å². The molecule has 1 atom stereocenters. The summed E-state index contributed by atoms with van der Waals surface area (Å²) in [7, 11) is 0. The van der Waals surface area contributed by atoms with Gasteiger partial charge in [0.25, 0.3) is 0 Å². The fraction of sp³-hybridized carbons (Fsp3) is 0.938. The lowest BCUT2D eigenvalue weighted by Gasteiger charge is -2.46. The Hall–Kier alpha value is -0.550. The Bertz CT molecular complexity index is 324. The van der Waals surface area contributed by atoms with E-state index in [4.69, 9.17) is 0 Å². The number of nitrogens with zero attached hydrogens (tertiary/aromatic N) is 1. The summed E-state index contributed by atoms with van der Waals surface area (Å²) in [5.74, 6) is 1.10. The molecule has 0 aromatic rings. The maximum Gasteiger partial charge on any atom is 0.0835 e. The summed E-state index contributed by atoms with van der Waals surface area (Å²) in [4.78, 5) is 0. The van der Waals surface area contributed by atoms with E-state index in [0.717, 1.165) is 38.5 Å². The van der Waals surface area contributed by atoms with Crippen LogP contribution in [0.15, 0.2) is 0 Å². The van der Waals surface area contributed by atoms with Gasteiger partial charge in [-0.15, -0.1) is 0 Å². The Morgan fingerprint density at radius 2 is 1.72 bits per heavy atom. The molecule has 0 aromatic heterocycles. The average Bonchev–Trinajstić information content (AvgIpc) is 2.25. The van der Waals surface area contributed by atoms with Crippen molar-refractivity contribution in [3.8, 4) is 6.07 Å². The monoisotopic (exact) mass is 249 g/mol. The first-order valence-corrected chi connectivity index (χ1v) is 7.48. The molecule has 1 N–H and O–H groups in total. The van der Waals surface area contributed by atoms with Crippen molar-refractivity contribution < 1.29 is 5.11 Å². The molecule has 0 heterocycles. The zero-order valence-corrected chi connectivity index (χ0v) is 12.1. The van der Waals surface area contributed by atoms with Gasteiger partial charge in [0.1, 0.15) is 0 Å². The molecule has 1 unspecified atom stereocenters. The van der Waals surface area contributed by atoms with E-state index in [1.165, 1.54) is 6.42 Å². The predicted octanol–water partition coefficient (Wildman–Crippen LogP) is 3.89. The van der Waals surface area contributed by atoms with E-state index in [-0.39, 0.29) is 6.10 Å². The molecule has 2 saturated carbocycles. The minimum absolute atomic E-state index is 0.336. The SMILES string of the molecule is CC(C)(C)C1CCC(C#N)(C(O)C2CCC2)CC1. The number of hydrogen-bond donors (Lipinski definition) is 1. The van der Waals surface area contributed by atoms with Gasteiger partial charge in [0.05, 0.1) is 17.6 Å². The number of aliphatic hydroxyl groups excluding tert-OH is 1. The Morgan fingerprint density at radius 3 is 2.06 bits per heavy atom. The van der Waals surface area contributed by atoms with E-state index in [1.807, 2.05) is 0 Å². The van der Waals surface area contributed by atoms with Crippen molar-refractivity contribution in [1.29, 1.82) is 5.26 Å². The van der Waals surface area contributed by atoms with Crippen LogP contribution >= 0.6 is 0 Å². The van der Waals surface area contributed by atoms with Gasteiger partial charge in [-0.25, -0.2) is 0 Å². The standard InChI is InChI=1S/C16H27NO/c1-15(2,3)13-7-9-16(11-17,10-8-13)14(18)12-5-4-6-12/h12-14,18H,4-10H2,1-3H3. The summed E-state index contributed by atoms with van der Waals surface area (Å²) >= 11 is 0. The summed E-state index contributed by atoms with van der Waals surface area (Å²) in [6, 6.07) is 2.49. The van der Waals surface area contributed by atoms with E-state index in [9.17, 15) is 10.4 Å². The van der Waals surface area contributed by atoms with E-state index >= 15 is 0 Å². The molecule has 18 heavy (non-hydrogen) atoms. The number of aliphatic hydroxyl groups is 1. The molecule has 2 fully saturated rings. The summed E-state index contributed by atoms with van der Waals surface area (Å²) in [5.41, 5.74) is -0.101. The van der Waals surface area contributed by atoms with Crippen molar-refractivity contribution in [1.82, 2.24) is 0 Å². The first-order valence-electron chi connectivity index (χ1n) is 7.48. The largest absolute Gasteiger partial charge is 0.391 e. The fourth-order valence-corrected chi connectivity index (χ4v) is 3.68. The van der Waals surface area contributed by atoms with Gasteiger partial charge in [0, 0.05) is 0 Å². The van der Waals surface area contributed by atoms with Gasteiger partial charge < -0.3 is 5.11 Å². The van der Waals surface area contributed by atoms with Crippen LogP contribution in [-0.2, 0) is 0 Å². The Balaban J connectivity index is 2.02. The van der Waals surface area contributed by atoms with Crippen LogP contribution in [0.4, 0.5) is 0 Å². The second-order valence-corrected chi connectivity index (χ2v) is 7.54. The van der Waals surface area contributed by atoms with Crippen molar-refractivity contribution in [2.45, 2.75) is 71.8 Å². The molecule has 0 radical (unpaired) electrons. The van der Waals surface area contributed by atoms with Crippen LogP contribution in [0.25, 0.3) is 0 Å². The highest BCUT2D eigenvalue weighted by atomic mass is 16.3. The number of nitriles is 1. The van der Waals surface area contributed by atoms with Gasteiger partial charge >= 0.3 is 0 Å². The average molecular weight is 249 g/mol. The Kier molecular flexibility index (Phi) is 3.74. The number of hydrogen-bond acceptors (Lipinski definition) is 2. The second kappa shape index (κ2) is 4.85. The summed E-state index contributed by atoms with van der Waals surface area (Å²) in [5, 5.41) is 20.1. The Labute approximate surface area is 111 Å². The van der Waals surface area contributed by atoms with Crippen molar-refractivity contribution >= 4 is 0 Å². The van der Waals surface area contributed by atoms with Crippen molar-refractivity contribution in [3.05, 3.63) is 0 Å². The van der Waals surface area contributed by atoms with E-state index in [0.29, 0.717) is 17.3 Å². The van der Waals surface area contributed by atoms with Crippen LogP contribution in [-0.4, -0.2) is 11.2 Å². The molecule has 0 bridgehead atoms. The smallest absolute Gasteiger partial charge is 0.0835 e.